The predicted molar refractivity (Wildman–Crippen MR) is 106 cm³/mol. The van der Waals surface area contributed by atoms with Crippen molar-refractivity contribution in [1.82, 2.24) is 15.0 Å². The van der Waals surface area contributed by atoms with Gasteiger partial charge in [-0.15, -0.1) is 0 Å². The van der Waals surface area contributed by atoms with Crippen LogP contribution in [0.1, 0.15) is 11.1 Å². The van der Waals surface area contributed by atoms with Gasteiger partial charge in [0, 0.05) is 24.6 Å². The van der Waals surface area contributed by atoms with E-state index in [-0.39, 0.29) is 5.82 Å². The average Bonchev–Trinajstić information content (AvgIpc) is 2.69. The van der Waals surface area contributed by atoms with Crippen molar-refractivity contribution in [1.29, 1.82) is 0 Å². The van der Waals surface area contributed by atoms with Gasteiger partial charge >= 0.3 is 0 Å². The van der Waals surface area contributed by atoms with Crippen LogP contribution in [0.2, 0.25) is 0 Å². The molecule has 0 aliphatic carbocycles. The second-order valence-corrected chi connectivity index (χ2v) is 6.21. The molecule has 5 nitrogen and oxygen atoms in total. The highest BCUT2D eigenvalue weighted by atomic mass is 19.1. The summed E-state index contributed by atoms with van der Waals surface area (Å²) in [5.74, 6) is 0.980. The Bertz CT molecular complexity index is 1080. The van der Waals surface area contributed by atoms with Crippen LogP contribution in [0.3, 0.4) is 0 Å². The van der Waals surface area contributed by atoms with E-state index in [0.29, 0.717) is 18.3 Å². The van der Waals surface area contributed by atoms with Crippen molar-refractivity contribution in [3.05, 3.63) is 83.9 Å². The van der Waals surface area contributed by atoms with E-state index in [1.807, 2.05) is 37.3 Å². The highest BCUT2D eigenvalue weighted by Gasteiger charge is 2.07. The second-order valence-electron chi connectivity index (χ2n) is 6.21. The smallest absolute Gasteiger partial charge is 0.223 e. The summed E-state index contributed by atoms with van der Waals surface area (Å²) in [4.78, 5) is 13.4. The monoisotopic (exact) mass is 359 g/mol. The zero-order chi connectivity index (χ0) is 18.6. The third kappa shape index (κ3) is 3.84. The summed E-state index contributed by atoms with van der Waals surface area (Å²) in [6, 6.07) is 16.2. The molecule has 4 aromatic rings. The number of para-hydroxylation sites is 1. The maximum Gasteiger partial charge on any atom is 0.223 e. The Labute approximate surface area is 156 Å². The quantitative estimate of drug-likeness (QED) is 0.534. The first-order chi connectivity index (χ1) is 13.2. The third-order valence-corrected chi connectivity index (χ3v) is 4.27. The van der Waals surface area contributed by atoms with Crippen LogP contribution in [-0.4, -0.2) is 15.0 Å². The molecule has 0 unspecified atom stereocenters. The van der Waals surface area contributed by atoms with Crippen LogP contribution in [0.25, 0.3) is 10.9 Å². The van der Waals surface area contributed by atoms with Gasteiger partial charge in [-0.3, -0.25) is 0 Å². The minimum Gasteiger partial charge on any atom is -0.350 e. The number of nitrogens with zero attached hydrogens (tertiary/aromatic N) is 3. The maximum atomic E-state index is 13.0. The molecule has 0 bridgehead atoms. The molecule has 0 saturated carbocycles. The molecular weight excluding hydrogens is 341 g/mol. The number of fused-ring (bicyclic) bond motifs is 1. The normalized spacial score (nSPS) is 10.7. The molecule has 2 aromatic carbocycles. The average molecular weight is 359 g/mol. The lowest BCUT2D eigenvalue weighted by atomic mass is 10.2. The maximum absolute atomic E-state index is 13.0. The number of hydrogen-bond acceptors (Lipinski definition) is 5. The lowest BCUT2D eigenvalue weighted by Crippen LogP contribution is -2.04. The third-order valence-electron chi connectivity index (χ3n) is 4.27. The summed E-state index contributed by atoms with van der Waals surface area (Å²) >= 11 is 0. The SMILES string of the molecule is Cc1ccccc1Nc1nccc2nc(NCc3ccc(F)cc3)ncc12. The molecule has 134 valence electrons. The first-order valence-corrected chi connectivity index (χ1v) is 8.62. The minimum atomic E-state index is -0.248. The first-order valence-electron chi connectivity index (χ1n) is 8.62. The summed E-state index contributed by atoms with van der Waals surface area (Å²) in [5.41, 5.74) is 3.88. The van der Waals surface area contributed by atoms with Crippen molar-refractivity contribution in [3.63, 3.8) is 0 Å². The zero-order valence-electron chi connectivity index (χ0n) is 14.8. The van der Waals surface area contributed by atoms with Crippen molar-refractivity contribution < 1.29 is 4.39 Å². The molecule has 0 aliphatic rings. The first kappa shape index (κ1) is 16.9. The number of benzene rings is 2. The van der Waals surface area contributed by atoms with Gasteiger partial charge < -0.3 is 10.6 Å². The molecule has 2 N–H and O–H groups in total. The van der Waals surface area contributed by atoms with Crippen LogP contribution in [0, 0.1) is 12.7 Å². The fourth-order valence-corrected chi connectivity index (χ4v) is 2.77. The Hall–Kier alpha value is -3.54. The van der Waals surface area contributed by atoms with E-state index in [1.165, 1.54) is 12.1 Å². The van der Waals surface area contributed by atoms with Crippen LogP contribution < -0.4 is 10.6 Å². The van der Waals surface area contributed by atoms with E-state index >= 15 is 0 Å². The molecule has 0 fully saturated rings. The zero-order valence-corrected chi connectivity index (χ0v) is 14.8. The fraction of sp³-hybridized carbons (Fsp3) is 0.0952. The topological polar surface area (TPSA) is 62.7 Å². The summed E-state index contributed by atoms with van der Waals surface area (Å²) in [6.07, 6.45) is 3.47. The van der Waals surface area contributed by atoms with E-state index in [2.05, 4.69) is 25.6 Å². The van der Waals surface area contributed by atoms with Gasteiger partial charge in [0.2, 0.25) is 5.95 Å². The molecule has 0 amide bonds. The summed E-state index contributed by atoms with van der Waals surface area (Å²) in [5, 5.41) is 7.36. The predicted octanol–water partition coefficient (Wildman–Crippen LogP) is 4.83. The Morgan fingerprint density at radius 1 is 0.963 bits per heavy atom. The number of hydrogen-bond donors (Lipinski definition) is 2. The van der Waals surface area contributed by atoms with Crippen LogP contribution >= 0.6 is 0 Å². The number of anilines is 3. The number of rotatable bonds is 5. The van der Waals surface area contributed by atoms with Crippen molar-refractivity contribution in [2.45, 2.75) is 13.5 Å². The summed E-state index contributed by atoms with van der Waals surface area (Å²) in [7, 11) is 0. The van der Waals surface area contributed by atoms with E-state index in [1.54, 1.807) is 24.5 Å². The van der Waals surface area contributed by atoms with Gasteiger partial charge in [-0.2, -0.15) is 0 Å². The number of halogens is 1. The second kappa shape index (κ2) is 7.37. The molecule has 0 spiro atoms. The molecule has 27 heavy (non-hydrogen) atoms. The van der Waals surface area contributed by atoms with Crippen LogP contribution in [-0.2, 0) is 6.54 Å². The molecule has 2 heterocycles. The van der Waals surface area contributed by atoms with Gasteiger partial charge in [-0.25, -0.2) is 19.3 Å². The Morgan fingerprint density at radius 2 is 1.78 bits per heavy atom. The molecule has 0 radical (unpaired) electrons. The number of pyridine rings is 1. The van der Waals surface area contributed by atoms with Gasteiger partial charge in [-0.05, 0) is 42.3 Å². The lowest BCUT2D eigenvalue weighted by Gasteiger charge is -2.11. The largest absolute Gasteiger partial charge is 0.350 e. The molecule has 6 heteroatoms. The molecular formula is C21H18FN5. The summed E-state index contributed by atoms with van der Waals surface area (Å²) in [6.45, 7) is 2.56. The van der Waals surface area contributed by atoms with Crippen LogP contribution in [0.15, 0.2) is 67.0 Å². The van der Waals surface area contributed by atoms with Crippen molar-refractivity contribution >= 4 is 28.4 Å². The standard InChI is InChI=1S/C21H18FN5/c1-14-4-2-3-5-18(14)26-20-17-13-25-21(27-19(17)10-11-23-20)24-12-15-6-8-16(22)9-7-15/h2-11,13H,12H2,1H3,(H,23,26)(H,24,25,27). The van der Waals surface area contributed by atoms with Crippen molar-refractivity contribution in [3.8, 4) is 0 Å². The molecule has 4 rings (SSSR count). The molecule has 2 aromatic heterocycles. The van der Waals surface area contributed by atoms with Gasteiger partial charge in [0.1, 0.15) is 11.6 Å². The number of nitrogens with one attached hydrogen (secondary N) is 2. The van der Waals surface area contributed by atoms with Gasteiger partial charge in [-0.1, -0.05) is 30.3 Å². The Kier molecular flexibility index (Phi) is 4.61. The fourth-order valence-electron chi connectivity index (χ4n) is 2.77. The van der Waals surface area contributed by atoms with E-state index in [9.17, 15) is 4.39 Å². The molecule has 0 saturated heterocycles. The number of aromatic nitrogens is 3. The van der Waals surface area contributed by atoms with Crippen molar-refractivity contribution in [2.24, 2.45) is 0 Å². The van der Waals surface area contributed by atoms with Gasteiger partial charge in [0.25, 0.3) is 0 Å². The van der Waals surface area contributed by atoms with Crippen LogP contribution in [0.5, 0.6) is 0 Å². The highest BCUT2D eigenvalue weighted by Crippen LogP contribution is 2.25. The van der Waals surface area contributed by atoms with E-state index in [0.717, 1.165) is 27.7 Å². The molecule has 0 atom stereocenters. The molecule has 0 aliphatic heterocycles. The Morgan fingerprint density at radius 3 is 2.59 bits per heavy atom. The van der Waals surface area contributed by atoms with Crippen LogP contribution in [0.4, 0.5) is 21.8 Å². The van der Waals surface area contributed by atoms with Crippen molar-refractivity contribution in [2.75, 3.05) is 10.6 Å². The summed E-state index contributed by atoms with van der Waals surface area (Å²) < 4.78 is 13.0. The van der Waals surface area contributed by atoms with E-state index in [4.69, 9.17) is 0 Å². The minimum absolute atomic E-state index is 0.248. The highest BCUT2D eigenvalue weighted by molar-refractivity contribution is 5.90. The lowest BCUT2D eigenvalue weighted by molar-refractivity contribution is 0.627. The van der Waals surface area contributed by atoms with Gasteiger partial charge in [0.15, 0.2) is 0 Å². The van der Waals surface area contributed by atoms with Gasteiger partial charge in [0.05, 0.1) is 10.9 Å². The van der Waals surface area contributed by atoms with E-state index < -0.39 is 0 Å². The number of aryl methyl sites for hydroxylation is 1. The Balaban J connectivity index is 1.56.